The molecule has 23 heavy (non-hydrogen) atoms. The average molecular weight is 318 g/mol. The van der Waals surface area contributed by atoms with Gasteiger partial charge in [0.25, 0.3) is 0 Å². The van der Waals surface area contributed by atoms with Crippen molar-refractivity contribution in [1.29, 1.82) is 0 Å². The van der Waals surface area contributed by atoms with Gasteiger partial charge >= 0.3 is 0 Å². The third-order valence-electron chi connectivity index (χ3n) is 3.56. The molecule has 6 heteroatoms. The molecular weight excluding hydrogens is 298 g/mol. The van der Waals surface area contributed by atoms with Crippen molar-refractivity contribution in [2.45, 2.75) is 45.2 Å². The number of anilines is 2. The summed E-state index contributed by atoms with van der Waals surface area (Å²) in [6, 6.07) is 5.64. The summed E-state index contributed by atoms with van der Waals surface area (Å²) in [4.78, 5) is 8.96. The SMILES string of the molecule is CC(C)Nc1nc(NCc2cc(F)cc(F)c2)cc(C2CC2)n1. The first-order valence-electron chi connectivity index (χ1n) is 7.84. The number of rotatable bonds is 6. The summed E-state index contributed by atoms with van der Waals surface area (Å²) < 4.78 is 26.5. The maximum atomic E-state index is 13.2. The number of nitrogens with zero attached hydrogens (tertiary/aromatic N) is 2. The molecule has 1 fully saturated rings. The van der Waals surface area contributed by atoms with Gasteiger partial charge in [0.15, 0.2) is 0 Å². The van der Waals surface area contributed by atoms with Crippen LogP contribution >= 0.6 is 0 Å². The number of hydrogen-bond donors (Lipinski definition) is 2. The summed E-state index contributed by atoms with van der Waals surface area (Å²) in [5.41, 5.74) is 1.54. The van der Waals surface area contributed by atoms with Crippen molar-refractivity contribution in [2.75, 3.05) is 10.6 Å². The number of benzene rings is 1. The van der Waals surface area contributed by atoms with Gasteiger partial charge in [-0.1, -0.05) is 0 Å². The zero-order valence-corrected chi connectivity index (χ0v) is 13.2. The highest BCUT2D eigenvalue weighted by Crippen LogP contribution is 2.39. The molecule has 1 aliphatic rings. The van der Waals surface area contributed by atoms with Crippen LogP contribution in [0.25, 0.3) is 0 Å². The summed E-state index contributed by atoms with van der Waals surface area (Å²) in [5, 5.41) is 6.33. The third kappa shape index (κ3) is 4.37. The van der Waals surface area contributed by atoms with Gasteiger partial charge in [0, 0.05) is 30.6 Å². The monoisotopic (exact) mass is 318 g/mol. The van der Waals surface area contributed by atoms with Crippen LogP contribution in [0.2, 0.25) is 0 Å². The Bertz CT molecular complexity index is 679. The molecule has 1 saturated carbocycles. The average Bonchev–Trinajstić information content (AvgIpc) is 3.27. The molecule has 0 atom stereocenters. The summed E-state index contributed by atoms with van der Waals surface area (Å²) in [6.45, 7) is 4.35. The second-order valence-corrected chi connectivity index (χ2v) is 6.21. The Morgan fingerprint density at radius 1 is 1.09 bits per heavy atom. The van der Waals surface area contributed by atoms with Gasteiger partial charge in [-0.25, -0.2) is 13.8 Å². The molecule has 0 spiro atoms. The lowest BCUT2D eigenvalue weighted by Gasteiger charge is -2.13. The van der Waals surface area contributed by atoms with E-state index in [9.17, 15) is 8.78 Å². The Kier molecular flexibility index (Phi) is 4.41. The maximum absolute atomic E-state index is 13.2. The van der Waals surface area contributed by atoms with Crippen molar-refractivity contribution >= 4 is 11.8 Å². The lowest BCUT2D eigenvalue weighted by molar-refractivity contribution is 0.580. The largest absolute Gasteiger partial charge is 0.366 e. The number of halogens is 2. The van der Waals surface area contributed by atoms with Crippen LogP contribution in [0.3, 0.4) is 0 Å². The first kappa shape index (κ1) is 15.6. The van der Waals surface area contributed by atoms with E-state index in [1.165, 1.54) is 12.1 Å². The van der Waals surface area contributed by atoms with E-state index in [0.717, 1.165) is 24.6 Å². The van der Waals surface area contributed by atoms with Gasteiger partial charge in [-0.3, -0.25) is 0 Å². The number of aromatic nitrogens is 2. The molecule has 122 valence electrons. The minimum absolute atomic E-state index is 0.231. The first-order valence-corrected chi connectivity index (χ1v) is 7.84. The van der Waals surface area contributed by atoms with E-state index in [1.807, 2.05) is 19.9 Å². The van der Waals surface area contributed by atoms with Crippen molar-refractivity contribution < 1.29 is 8.78 Å². The van der Waals surface area contributed by atoms with Crippen LogP contribution in [0.5, 0.6) is 0 Å². The minimum Gasteiger partial charge on any atom is -0.366 e. The quantitative estimate of drug-likeness (QED) is 0.843. The van der Waals surface area contributed by atoms with E-state index >= 15 is 0 Å². The van der Waals surface area contributed by atoms with Gasteiger partial charge in [0.2, 0.25) is 5.95 Å². The molecule has 0 aliphatic heterocycles. The van der Waals surface area contributed by atoms with E-state index in [0.29, 0.717) is 29.8 Å². The minimum atomic E-state index is -0.578. The molecule has 0 radical (unpaired) electrons. The van der Waals surface area contributed by atoms with E-state index in [4.69, 9.17) is 0 Å². The van der Waals surface area contributed by atoms with E-state index in [-0.39, 0.29) is 6.04 Å². The van der Waals surface area contributed by atoms with E-state index in [1.54, 1.807) is 0 Å². The predicted octanol–water partition coefficient (Wildman–Crippen LogP) is 4.06. The van der Waals surface area contributed by atoms with Crippen LogP contribution in [0, 0.1) is 11.6 Å². The van der Waals surface area contributed by atoms with Crippen molar-refractivity contribution in [3.8, 4) is 0 Å². The van der Waals surface area contributed by atoms with Crippen LogP contribution in [0.1, 0.15) is 43.9 Å². The molecular formula is C17H20F2N4. The molecule has 1 aromatic carbocycles. The Labute approximate surface area is 134 Å². The fraction of sp³-hybridized carbons (Fsp3) is 0.412. The topological polar surface area (TPSA) is 49.8 Å². The normalized spacial score (nSPS) is 14.1. The van der Waals surface area contributed by atoms with E-state index in [2.05, 4.69) is 20.6 Å². The fourth-order valence-electron chi connectivity index (χ4n) is 2.37. The second kappa shape index (κ2) is 6.48. The molecule has 0 unspecified atom stereocenters. The molecule has 0 bridgehead atoms. The number of nitrogens with one attached hydrogen (secondary N) is 2. The summed E-state index contributed by atoms with van der Waals surface area (Å²) in [6.07, 6.45) is 2.29. The Morgan fingerprint density at radius 2 is 1.78 bits per heavy atom. The summed E-state index contributed by atoms with van der Waals surface area (Å²) in [7, 11) is 0. The zero-order valence-electron chi connectivity index (χ0n) is 13.2. The van der Waals surface area contributed by atoms with Gasteiger partial charge in [0.1, 0.15) is 17.5 Å². The lowest BCUT2D eigenvalue weighted by atomic mass is 10.2. The van der Waals surface area contributed by atoms with Gasteiger partial charge in [0.05, 0.1) is 5.69 Å². The van der Waals surface area contributed by atoms with Gasteiger partial charge in [-0.2, -0.15) is 4.98 Å². The van der Waals surface area contributed by atoms with E-state index < -0.39 is 11.6 Å². The Balaban J connectivity index is 1.76. The van der Waals surface area contributed by atoms with Gasteiger partial charge in [-0.15, -0.1) is 0 Å². The Morgan fingerprint density at radius 3 is 2.39 bits per heavy atom. The van der Waals surface area contributed by atoms with Crippen LogP contribution in [-0.2, 0) is 6.54 Å². The fourth-order valence-corrected chi connectivity index (χ4v) is 2.37. The highest BCUT2D eigenvalue weighted by atomic mass is 19.1. The molecule has 2 N–H and O–H groups in total. The van der Waals surface area contributed by atoms with Crippen molar-refractivity contribution in [2.24, 2.45) is 0 Å². The van der Waals surface area contributed by atoms with Gasteiger partial charge in [-0.05, 0) is 44.4 Å². The molecule has 3 rings (SSSR count). The Hall–Kier alpha value is -2.24. The molecule has 0 amide bonds. The third-order valence-corrected chi connectivity index (χ3v) is 3.56. The van der Waals surface area contributed by atoms with Crippen molar-refractivity contribution in [3.63, 3.8) is 0 Å². The molecule has 4 nitrogen and oxygen atoms in total. The first-order chi connectivity index (χ1) is 11.0. The molecule has 0 saturated heterocycles. The lowest BCUT2D eigenvalue weighted by Crippen LogP contribution is -2.14. The summed E-state index contributed by atoms with van der Waals surface area (Å²) in [5.74, 6) is 0.584. The molecule has 1 aromatic heterocycles. The second-order valence-electron chi connectivity index (χ2n) is 6.21. The van der Waals surface area contributed by atoms with Crippen LogP contribution in [-0.4, -0.2) is 16.0 Å². The maximum Gasteiger partial charge on any atom is 0.225 e. The summed E-state index contributed by atoms with van der Waals surface area (Å²) >= 11 is 0. The molecule has 1 heterocycles. The standard InChI is InChI=1S/C17H20F2N4/c1-10(2)21-17-22-15(12-3-4-12)8-16(23-17)20-9-11-5-13(18)7-14(19)6-11/h5-8,10,12H,3-4,9H2,1-2H3,(H2,20,21,22,23). The molecule has 1 aliphatic carbocycles. The van der Waals surface area contributed by atoms with Crippen LogP contribution in [0.4, 0.5) is 20.5 Å². The highest BCUT2D eigenvalue weighted by Gasteiger charge is 2.26. The van der Waals surface area contributed by atoms with Gasteiger partial charge < -0.3 is 10.6 Å². The van der Waals surface area contributed by atoms with Crippen molar-refractivity contribution in [1.82, 2.24) is 9.97 Å². The van der Waals surface area contributed by atoms with Crippen LogP contribution in [0.15, 0.2) is 24.3 Å². The van der Waals surface area contributed by atoms with Crippen molar-refractivity contribution in [3.05, 3.63) is 47.2 Å². The zero-order chi connectivity index (χ0) is 16.4. The highest BCUT2D eigenvalue weighted by molar-refractivity contribution is 5.44. The smallest absolute Gasteiger partial charge is 0.225 e. The predicted molar refractivity (Wildman–Crippen MR) is 86.5 cm³/mol. The number of hydrogen-bond acceptors (Lipinski definition) is 4. The molecule has 2 aromatic rings. The van der Waals surface area contributed by atoms with Crippen LogP contribution < -0.4 is 10.6 Å².